The minimum absolute atomic E-state index is 0.117. The first kappa shape index (κ1) is 11.7. The van der Waals surface area contributed by atoms with Crippen LogP contribution < -0.4 is 0 Å². The maximum absolute atomic E-state index is 12.1. The first-order valence-corrected chi connectivity index (χ1v) is 6.47. The van der Waals surface area contributed by atoms with E-state index < -0.39 is 0 Å². The van der Waals surface area contributed by atoms with Crippen molar-refractivity contribution in [3.63, 3.8) is 0 Å². The second kappa shape index (κ2) is 5.54. The molecular formula is C10H15N2O3S. The van der Waals surface area contributed by atoms with Crippen molar-refractivity contribution in [3.8, 4) is 0 Å². The van der Waals surface area contributed by atoms with Gasteiger partial charge in [-0.15, -0.1) is 11.8 Å². The Morgan fingerprint density at radius 3 is 2.75 bits per heavy atom. The topological polar surface area (TPSA) is 49.9 Å². The number of carbonyl (C=O) groups excluding carboxylic acids is 2. The summed E-state index contributed by atoms with van der Waals surface area (Å²) in [4.78, 5) is 26.0. The van der Waals surface area contributed by atoms with E-state index in [9.17, 15) is 9.59 Å². The Morgan fingerprint density at radius 2 is 2.06 bits per heavy atom. The van der Waals surface area contributed by atoms with E-state index in [1.54, 1.807) is 16.7 Å². The molecule has 0 aromatic heterocycles. The fraction of sp³-hybridized carbons (Fsp3) is 0.800. The van der Waals surface area contributed by atoms with Crippen LogP contribution in [0.3, 0.4) is 0 Å². The molecule has 1 unspecified atom stereocenters. The van der Waals surface area contributed by atoms with Gasteiger partial charge in [0.2, 0.25) is 5.91 Å². The minimum Gasteiger partial charge on any atom is -0.378 e. The molecule has 2 heterocycles. The molecule has 2 amide bonds. The Labute approximate surface area is 99.1 Å². The average Bonchev–Trinajstić information content (AvgIpc) is 2.39. The normalized spacial score (nSPS) is 26.6. The molecular weight excluding hydrogens is 228 g/mol. The number of ether oxygens (including phenoxy) is 1. The molecule has 6 heteroatoms. The molecule has 0 aliphatic carbocycles. The van der Waals surface area contributed by atoms with E-state index in [0.717, 1.165) is 5.75 Å². The maximum Gasteiger partial charge on any atom is 0.312 e. The standard InChI is InChI=1S/C10H15N2O3S/c13-8-11-3-6-16-9(7-11)10(14)12-1-4-15-5-2-12/h9H,1-7H2. The lowest BCUT2D eigenvalue weighted by Gasteiger charge is -2.34. The summed E-state index contributed by atoms with van der Waals surface area (Å²) in [6, 6.07) is 0. The third-order valence-electron chi connectivity index (χ3n) is 2.79. The van der Waals surface area contributed by atoms with Gasteiger partial charge in [-0.3, -0.25) is 9.59 Å². The lowest BCUT2D eigenvalue weighted by molar-refractivity contribution is -0.134. The predicted octanol–water partition coefficient (Wildman–Crippen LogP) is -0.670. The molecule has 2 fully saturated rings. The fourth-order valence-electron chi connectivity index (χ4n) is 1.87. The van der Waals surface area contributed by atoms with Crippen molar-refractivity contribution in [2.24, 2.45) is 0 Å². The van der Waals surface area contributed by atoms with Crippen molar-refractivity contribution in [2.45, 2.75) is 5.25 Å². The van der Waals surface area contributed by atoms with Crippen LogP contribution in [0.1, 0.15) is 0 Å². The van der Waals surface area contributed by atoms with Gasteiger partial charge in [0.25, 0.3) is 0 Å². The highest BCUT2D eigenvalue weighted by Gasteiger charge is 2.30. The van der Waals surface area contributed by atoms with Gasteiger partial charge in [-0.2, -0.15) is 0 Å². The van der Waals surface area contributed by atoms with Crippen LogP contribution in [-0.2, 0) is 14.3 Å². The van der Waals surface area contributed by atoms with Gasteiger partial charge >= 0.3 is 6.41 Å². The van der Waals surface area contributed by atoms with E-state index in [2.05, 4.69) is 0 Å². The number of rotatable bonds is 2. The smallest absolute Gasteiger partial charge is 0.312 e. The van der Waals surface area contributed by atoms with E-state index >= 15 is 0 Å². The molecule has 89 valence electrons. The average molecular weight is 243 g/mol. The monoisotopic (exact) mass is 243 g/mol. The van der Waals surface area contributed by atoms with E-state index in [4.69, 9.17) is 4.74 Å². The van der Waals surface area contributed by atoms with Gasteiger partial charge in [-0.05, 0) is 0 Å². The van der Waals surface area contributed by atoms with Gasteiger partial charge < -0.3 is 14.5 Å². The number of hydrogen-bond acceptors (Lipinski definition) is 4. The number of morpholine rings is 1. The number of thioether (sulfide) groups is 1. The van der Waals surface area contributed by atoms with Crippen molar-refractivity contribution < 1.29 is 14.3 Å². The van der Waals surface area contributed by atoms with Crippen molar-refractivity contribution in [3.05, 3.63) is 0 Å². The molecule has 2 aliphatic heterocycles. The zero-order valence-corrected chi connectivity index (χ0v) is 9.87. The number of nitrogens with zero attached hydrogens (tertiary/aromatic N) is 2. The fourth-order valence-corrected chi connectivity index (χ4v) is 3.06. The summed E-state index contributed by atoms with van der Waals surface area (Å²) in [7, 11) is 0. The van der Waals surface area contributed by atoms with Gasteiger partial charge in [0, 0.05) is 31.9 Å². The van der Waals surface area contributed by atoms with E-state index in [0.29, 0.717) is 39.4 Å². The second-order valence-electron chi connectivity index (χ2n) is 3.83. The highest BCUT2D eigenvalue weighted by Crippen LogP contribution is 2.20. The van der Waals surface area contributed by atoms with Gasteiger partial charge in [0.1, 0.15) is 5.25 Å². The molecule has 2 aliphatic rings. The lowest BCUT2D eigenvalue weighted by Crippen LogP contribution is -2.50. The van der Waals surface area contributed by atoms with Crippen LogP contribution >= 0.6 is 11.8 Å². The summed E-state index contributed by atoms with van der Waals surface area (Å²) < 4.78 is 5.21. The van der Waals surface area contributed by atoms with E-state index in [1.807, 2.05) is 11.3 Å². The number of hydrogen-bond donors (Lipinski definition) is 0. The molecule has 2 saturated heterocycles. The van der Waals surface area contributed by atoms with Gasteiger partial charge in [0.05, 0.1) is 13.2 Å². The van der Waals surface area contributed by atoms with Crippen LogP contribution in [0.4, 0.5) is 0 Å². The van der Waals surface area contributed by atoms with Crippen LogP contribution in [0.2, 0.25) is 0 Å². The highest BCUT2D eigenvalue weighted by molar-refractivity contribution is 8.00. The van der Waals surface area contributed by atoms with Crippen molar-refractivity contribution in [1.82, 2.24) is 9.80 Å². The molecule has 5 nitrogen and oxygen atoms in total. The molecule has 16 heavy (non-hydrogen) atoms. The van der Waals surface area contributed by atoms with Gasteiger partial charge in [0.15, 0.2) is 0 Å². The van der Waals surface area contributed by atoms with Crippen molar-refractivity contribution in [1.29, 1.82) is 0 Å². The molecule has 0 aromatic carbocycles. The van der Waals surface area contributed by atoms with Crippen LogP contribution in [-0.4, -0.2) is 72.5 Å². The Kier molecular flexibility index (Phi) is 4.06. The molecule has 1 radical (unpaired) electrons. The summed E-state index contributed by atoms with van der Waals surface area (Å²) in [6.45, 7) is 3.76. The lowest BCUT2D eigenvalue weighted by atomic mass is 10.3. The molecule has 0 aromatic rings. The zero-order valence-electron chi connectivity index (χ0n) is 9.05. The van der Waals surface area contributed by atoms with Crippen LogP contribution in [0, 0.1) is 0 Å². The summed E-state index contributed by atoms with van der Waals surface area (Å²) in [5.74, 6) is 0.948. The van der Waals surface area contributed by atoms with Crippen LogP contribution in [0.25, 0.3) is 0 Å². The number of carbonyl (C=O) groups is 1. The van der Waals surface area contributed by atoms with Crippen LogP contribution in [0.15, 0.2) is 0 Å². The van der Waals surface area contributed by atoms with Crippen LogP contribution in [0.5, 0.6) is 0 Å². The Morgan fingerprint density at radius 1 is 1.31 bits per heavy atom. The van der Waals surface area contributed by atoms with Crippen molar-refractivity contribution in [2.75, 3.05) is 45.1 Å². The minimum atomic E-state index is -0.117. The second-order valence-corrected chi connectivity index (χ2v) is 5.15. The van der Waals surface area contributed by atoms with Gasteiger partial charge in [-0.25, -0.2) is 0 Å². The molecule has 2 rings (SSSR count). The maximum atomic E-state index is 12.1. The molecule has 0 bridgehead atoms. The Hall–Kier alpha value is -0.750. The first-order chi connectivity index (χ1) is 7.81. The Bertz CT molecular complexity index is 269. The molecule has 0 spiro atoms. The summed E-state index contributed by atoms with van der Waals surface area (Å²) in [5, 5.41) is -0.117. The quantitative estimate of drug-likeness (QED) is 0.645. The summed E-state index contributed by atoms with van der Waals surface area (Å²) >= 11 is 1.63. The SMILES string of the molecule is O=[C]N1CCSC(C(=O)N2CCOCC2)C1. The first-order valence-electron chi connectivity index (χ1n) is 5.42. The third-order valence-corrected chi connectivity index (χ3v) is 3.97. The summed E-state index contributed by atoms with van der Waals surface area (Å²) in [5.41, 5.74) is 0. The predicted molar refractivity (Wildman–Crippen MR) is 60.9 cm³/mol. The Balaban J connectivity index is 1.90. The zero-order chi connectivity index (χ0) is 11.4. The molecule has 1 atom stereocenters. The van der Waals surface area contributed by atoms with E-state index in [-0.39, 0.29) is 11.2 Å². The molecule has 0 N–H and O–H groups in total. The largest absolute Gasteiger partial charge is 0.378 e. The molecule has 0 saturated carbocycles. The van der Waals surface area contributed by atoms with E-state index in [1.165, 1.54) is 0 Å². The summed E-state index contributed by atoms with van der Waals surface area (Å²) in [6.07, 6.45) is 1.87. The third kappa shape index (κ3) is 2.68. The highest BCUT2D eigenvalue weighted by atomic mass is 32.2. The number of amides is 2. The van der Waals surface area contributed by atoms with Gasteiger partial charge in [-0.1, -0.05) is 0 Å². The van der Waals surface area contributed by atoms with Crippen molar-refractivity contribution >= 4 is 24.1 Å².